The molecule has 4 rings (SSSR count). The van der Waals surface area contributed by atoms with E-state index in [9.17, 15) is 4.79 Å². The number of ether oxygens (including phenoxy) is 2. The van der Waals surface area contributed by atoms with E-state index in [0.717, 1.165) is 37.4 Å². The predicted octanol–water partition coefficient (Wildman–Crippen LogP) is 3.07. The second kappa shape index (κ2) is 7.11. The van der Waals surface area contributed by atoms with Gasteiger partial charge in [-0.05, 0) is 50.5 Å². The number of aryl methyl sites for hydroxylation is 1. The van der Waals surface area contributed by atoms with E-state index in [1.807, 2.05) is 30.0 Å². The molecule has 2 saturated heterocycles. The van der Waals surface area contributed by atoms with Crippen LogP contribution >= 0.6 is 0 Å². The van der Waals surface area contributed by atoms with E-state index in [1.54, 1.807) is 18.5 Å². The molecule has 0 aliphatic carbocycles. The SMILES string of the molecule is Cc1ccc(C(=O)N2CCC3OCCCC3(COc3cccnc3)C2)o1. The fourth-order valence-electron chi connectivity index (χ4n) is 4.04. The first kappa shape index (κ1) is 17.1. The van der Waals surface area contributed by atoms with E-state index in [1.165, 1.54) is 0 Å². The summed E-state index contributed by atoms with van der Waals surface area (Å²) in [4.78, 5) is 18.8. The van der Waals surface area contributed by atoms with Crippen molar-refractivity contribution in [2.75, 3.05) is 26.3 Å². The molecule has 0 spiro atoms. The number of hydrogen-bond donors (Lipinski definition) is 0. The van der Waals surface area contributed by atoms with Crippen molar-refractivity contribution in [3.63, 3.8) is 0 Å². The molecule has 1 amide bonds. The second-order valence-corrected chi connectivity index (χ2v) is 7.23. The van der Waals surface area contributed by atoms with E-state index in [-0.39, 0.29) is 17.4 Å². The summed E-state index contributed by atoms with van der Waals surface area (Å²) in [7, 11) is 0. The highest BCUT2D eigenvalue weighted by Gasteiger charge is 2.48. The number of rotatable bonds is 4. The molecule has 0 bridgehead atoms. The average molecular weight is 356 g/mol. The fraction of sp³-hybridized carbons (Fsp3) is 0.500. The van der Waals surface area contributed by atoms with Gasteiger partial charge in [-0.3, -0.25) is 9.78 Å². The monoisotopic (exact) mass is 356 g/mol. The third kappa shape index (κ3) is 3.33. The third-order valence-electron chi connectivity index (χ3n) is 5.39. The summed E-state index contributed by atoms with van der Waals surface area (Å²) in [5, 5.41) is 0. The summed E-state index contributed by atoms with van der Waals surface area (Å²) in [6, 6.07) is 7.34. The van der Waals surface area contributed by atoms with Crippen molar-refractivity contribution in [1.82, 2.24) is 9.88 Å². The summed E-state index contributed by atoms with van der Waals surface area (Å²) in [6.07, 6.45) is 6.35. The van der Waals surface area contributed by atoms with Crippen LogP contribution in [0.1, 0.15) is 35.6 Å². The Hall–Kier alpha value is -2.34. The zero-order chi connectivity index (χ0) is 18.0. The lowest BCUT2D eigenvalue weighted by molar-refractivity contribution is -0.133. The molecule has 0 N–H and O–H groups in total. The van der Waals surface area contributed by atoms with Gasteiger partial charge in [-0.2, -0.15) is 0 Å². The molecule has 2 fully saturated rings. The summed E-state index contributed by atoms with van der Waals surface area (Å²) < 4.78 is 17.6. The molecule has 4 heterocycles. The van der Waals surface area contributed by atoms with E-state index in [0.29, 0.717) is 25.5 Å². The minimum Gasteiger partial charge on any atom is -0.491 e. The molecule has 6 heteroatoms. The standard InChI is InChI=1S/C20H24N2O4/c1-15-5-6-17(26-15)19(23)22-10-7-18-20(13-22,8-3-11-24-18)14-25-16-4-2-9-21-12-16/h2,4-6,9,12,18H,3,7-8,10-11,13-14H2,1H3. The summed E-state index contributed by atoms with van der Waals surface area (Å²) >= 11 is 0. The molecule has 138 valence electrons. The van der Waals surface area contributed by atoms with Gasteiger partial charge in [0.1, 0.15) is 11.5 Å². The number of pyridine rings is 1. The Bertz CT molecular complexity index is 760. The van der Waals surface area contributed by atoms with Crippen LogP contribution in [0.2, 0.25) is 0 Å². The zero-order valence-electron chi connectivity index (χ0n) is 15.0. The molecule has 2 unspecified atom stereocenters. The van der Waals surface area contributed by atoms with Crippen LogP contribution in [-0.4, -0.2) is 48.2 Å². The van der Waals surface area contributed by atoms with Gasteiger partial charge < -0.3 is 18.8 Å². The summed E-state index contributed by atoms with van der Waals surface area (Å²) in [5.41, 5.74) is -0.191. The molecule has 0 aromatic carbocycles. The number of carbonyl (C=O) groups is 1. The van der Waals surface area contributed by atoms with Gasteiger partial charge >= 0.3 is 0 Å². The zero-order valence-corrected chi connectivity index (χ0v) is 15.0. The predicted molar refractivity (Wildman–Crippen MR) is 95.1 cm³/mol. The summed E-state index contributed by atoms with van der Waals surface area (Å²) in [6.45, 7) is 4.45. The highest BCUT2D eigenvalue weighted by molar-refractivity contribution is 5.91. The molecular weight excluding hydrogens is 332 g/mol. The van der Waals surface area contributed by atoms with E-state index < -0.39 is 0 Å². The van der Waals surface area contributed by atoms with Crippen molar-refractivity contribution in [2.24, 2.45) is 5.41 Å². The minimum atomic E-state index is -0.191. The molecule has 26 heavy (non-hydrogen) atoms. The first-order chi connectivity index (χ1) is 12.7. The average Bonchev–Trinajstić information content (AvgIpc) is 3.12. The van der Waals surface area contributed by atoms with Gasteiger partial charge in [0.2, 0.25) is 0 Å². The van der Waals surface area contributed by atoms with Gasteiger partial charge in [0, 0.05) is 31.3 Å². The van der Waals surface area contributed by atoms with Crippen LogP contribution in [0, 0.1) is 12.3 Å². The van der Waals surface area contributed by atoms with E-state index in [4.69, 9.17) is 13.9 Å². The second-order valence-electron chi connectivity index (χ2n) is 7.23. The number of fused-ring (bicyclic) bond motifs is 1. The van der Waals surface area contributed by atoms with Crippen molar-refractivity contribution >= 4 is 5.91 Å². The molecule has 0 saturated carbocycles. The van der Waals surface area contributed by atoms with Crippen LogP contribution in [0.25, 0.3) is 0 Å². The van der Waals surface area contributed by atoms with E-state index >= 15 is 0 Å². The molecule has 6 nitrogen and oxygen atoms in total. The smallest absolute Gasteiger partial charge is 0.289 e. The number of carbonyl (C=O) groups excluding carboxylic acids is 1. The fourth-order valence-corrected chi connectivity index (χ4v) is 4.04. The van der Waals surface area contributed by atoms with Crippen molar-refractivity contribution in [1.29, 1.82) is 0 Å². The quantitative estimate of drug-likeness (QED) is 0.842. The lowest BCUT2D eigenvalue weighted by atomic mass is 9.73. The number of piperidine rings is 1. The Morgan fingerprint density at radius 2 is 2.35 bits per heavy atom. The summed E-state index contributed by atoms with van der Waals surface area (Å²) in [5.74, 6) is 1.85. The molecule has 2 aromatic rings. The Morgan fingerprint density at radius 3 is 3.12 bits per heavy atom. The topological polar surface area (TPSA) is 64.8 Å². The Labute approximate surface area is 153 Å². The van der Waals surface area contributed by atoms with Crippen molar-refractivity contribution in [3.8, 4) is 5.75 Å². The maximum atomic E-state index is 12.8. The van der Waals surface area contributed by atoms with Gasteiger partial charge in [-0.15, -0.1) is 0 Å². The maximum Gasteiger partial charge on any atom is 0.289 e. The van der Waals surface area contributed by atoms with Crippen LogP contribution in [-0.2, 0) is 4.74 Å². The van der Waals surface area contributed by atoms with Gasteiger partial charge in [0.15, 0.2) is 5.76 Å². The lowest BCUT2D eigenvalue weighted by Crippen LogP contribution is -2.58. The lowest BCUT2D eigenvalue weighted by Gasteiger charge is -2.49. The van der Waals surface area contributed by atoms with Crippen LogP contribution in [0.3, 0.4) is 0 Å². The molecule has 2 atom stereocenters. The number of hydrogen-bond acceptors (Lipinski definition) is 5. The molecule has 2 aromatic heterocycles. The number of likely N-dealkylation sites (tertiary alicyclic amines) is 1. The number of nitrogens with zero attached hydrogens (tertiary/aromatic N) is 2. The molecule has 0 radical (unpaired) electrons. The number of amides is 1. The Balaban J connectivity index is 1.51. The van der Waals surface area contributed by atoms with E-state index in [2.05, 4.69) is 4.98 Å². The number of aromatic nitrogens is 1. The largest absolute Gasteiger partial charge is 0.491 e. The van der Waals surface area contributed by atoms with Crippen molar-refractivity contribution < 1.29 is 18.7 Å². The number of furan rings is 1. The maximum absolute atomic E-state index is 12.8. The Kier molecular flexibility index (Phi) is 4.68. The minimum absolute atomic E-state index is 0.0529. The van der Waals surface area contributed by atoms with Gasteiger partial charge in [0.25, 0.3) is 5.91 Å². The first-order valence-electron chi connectivity index (χ1n) is 9.16. The van der Waals surface area contributed by atoms with Crippen molar-refractivity contribution in [2.45, 2.75) is 32.3 Å². The highest BCUT2D eigenvalue weighted by atomic mass is 16.5. The van der Waals surface area contributed by atoms with Gasteiger partial charge in [-0.1, -0.05) is 0 Å². The van der Waals surface area contributed by atoms with Crippen molar-refractivity contribution in [3.05, 3.63) is 48.2 Å². The van der Waals surface area contributed by atoms with Crippen LogP contribution < -0.4 is 4.74 Å². The third-order valence-corrected chi connectivity index (χ3v) is 5.39. The van der Waals surface area contributed by atoms with Crippen LogP contribution in [0.15, 0.2) is 41.1 Å². The van der Waals surface area contributed by atoms with Crippen LogP contribution in [0.4, 0.5) is 0 Å². The Morgan fingerprint density at radius 1 is 1.42 bits per heavy atom. The molecule has 2 aliphatic heterocycles. The first-order valence-corrected chi connectivity index (χ1v) is 9.16. The molecular formula is C20H24N2O4. The van der Waals surface area contributed by atoms with Gasteiger partial charge in [-0.25, -0.2) is 0 Å². The van der Waals surface area contributed by atoms with Crippen LogP contribution in [0.5, 0.6) is 5.75 Å². The highest BCUT2D eigenvalue weighted by Crippen LogP contribution is 2.41. The van der Waals surface area contributed by atoms with Gasteiger partial charge in [0.05, 0.1) is 18.9 Å². The normalized spacial score (nSPS) is 25.6. The molecule has 2 aliphatic rings.